The number of benzene rings is 2. The number of nitrogens with two attached hydrogens (primary N) is 2. The van der Waals surface area contributed by atoms with E-state index in [0.717, 1.165) is 7.14 Å². The highest BCUT2D eigenvalue weighted by atomic mass is 127. The summed E-state index contributed by atoms with van der Waals surface area (Å²) in [6.45, 7) is 0. The molecular formula is C16H16I2N2O4. The van der Waals surface area contributed by atoms with E-state index in [0.29, 0.717) is 22.5 Å². The molecule has 0 aliphatic carbocycles. The molecule has 0 atom stereocenters. The number of hydrogen-bond donors (Lipinski definition) is 2. The lowest BCUT2D eigenvalue weighted by Crippen LogP contribution is -2.05. The number of methoxy groups -OCH3 is 2. The van der Waals surface area contributed by atoms with Crippen molar-refractivity contribution in [2.75, 3.05) is 25.7 Å². The summed E-state index contributed by atoms with van der Waals surface area (Å²) in [6.07, 6.45) is 0. The fourth-order valence-corrected chi connectivity index (χ4v) is 2.61. The van der Waals surface area contributed by atoms with E-state index in [1.165, 1.54) is 14.2 Å². The Morgan fingerprint density at radius 1 is 0.792 bits per heavy atom. The van der Waals surface area contributed by atoms with Crippen molar-refractivity contribution in [2.24, 2.45) is 0 Å². The number of hydrogen-bond acceptors (Lipinski definition) is 6. The summed E-state index contributed by atoms with van der Waals surface area (Å²) in [5.74, 6) is -0.794. The van der Waals surface area contributed by atoms with Crippen LogP contribution in [-0.2, 0) is 9.47 Å². The Balaban J connectivity index is 0.000000240. The number of nitrogen functional groups attached to an aromatic ring is 2. The van der Waals surface area contributed by atoms with Crippen molar-refractivity contribution in [3.05, 3.63) is 54.7 Å². The van der Waals surface area contributed by atoms with Crippen LogP contribution in [0.2, 0.25) is 0 Å². The van der Waals surface area contributed by atoms with Crippen LogP contribution in [0.1, 0.15) is 20.7 Å². The molecule has 24 heavy (non-hydrogen) atoms. The van der Waals surface area contributed by atoms with Crippen LogP contribution < -0.4 is 11.5 Å². The van der Waals surface area contributed by atoms with Crippen molar-refractivity contribution in [3.63, 3.8) is 0 Å². The summed E-state index contributed by atoms with van der Waals surface area (Å²) in [5.41, 5.74) is 12.9. The molecule has 2 rings (SSSR count). The number of esters is 2. The van der Waals surface area contributed by atoms with Gasteiger partial charge in [0.1, 0.15) is 0 Å². The monoisotopic (exact) mass is 554 g/mol. The number of rotatable bonds is 2. The normalized spacial score (nSPS) is 9.50. The Morgan fingerprint density at radius 3 is 1.42 bits per heavy atom. The first kappa shape index (κ1) is 20.5. The summed E-state index contributed by atoms with van der Waals surface area (Å²) in [7, 11) is 2.67. The summed E-state index contributed by atoms with van der Waals surface area (Å²) in [6, 6.07) is 10.4. The highest BCUT2D eigenvalue weighted by Gasteiger charge is 2.10. The van der Waals surface area contributed by atoms with Gasteiger partial charge in [0.25, 0.3) is 0 Å². The van der Waals surface area contributed by atoms with Gasteiger partial charge in [0, 0.05) is 18.5 Å². The SMILES string of the molecule is COC(=O)c1cc(I)ccc1N.COC(=O)c1cc(I)ccc1N. The smallest absolute Gasteiger partial charge is 0.339 e. The van der Waals surface area contributed by atoms with Gasteiger partial charge in [-0.05, 0) is 81.6 Å². The van der Waals surface area contributed by atoms with Gasteiger partial charge in [-0.25, -0.2) is 9.59 Å². The van der Waals surface area contributed by atoms with Crippen LogP contribution in [0.4, 0.5) is 11.4 Å². The minimum Gasteiger partial charge on any atom is -0.465 e. The topological polar surface area (TPSA) is 105 Å². The summed E-state index contributed by atoms with van der Waals surface area (Å²) < 4.78 is 11.0. The molecule has 0 heterocycles. The van der Waals surface area contributed by atoms with Crippen LogP contribution in [-0.4, -0.2) is 26.2 Å². The van der Waals surface area contributed by atoms with E-state index in [1.54, 1.807) is 24.3 Å². The minimum atomic E-state index is -0.397. The average molecular weight is 554 g/mol. The number of carbonyl (C=O) groups is 2. The van der Waals surface area contributed by atoms with Crippen molar-refractivity contribution in [1.82, 2.24) is 0 Å². The quantitative estimate of drug-likeness (QED) is 0.336. The number of anilines is 2. The second-order valence-electron chi connectivity index (χ2n) is 4.45. The zero-order valence-electron chi connectivity index (χ0n) is 13.0. The van der Waals surface area contributed by atoms with Gasteiger partial charge in [0.2, 0.25) is 0 Å². The molecule has 0 radical (unpaired) electrons. The Bertz CT molecular complexity index is 687. The molecule has 0 aliphatic rings. The van der Waals surface area contributed by atoms with Gasteiger partial charge in [0.05, 0.1) is 25.3 Å². The highest BCUT2D eigenvalue weighted by molar-refractivity contribution is 14.1. The molecule has 2 aromatic carbocycles. The van der Waals surface area contributed by atoms with Gasteiger partial charge in [-0.3, -0.25) is 0 Å². The molecule has 0 saturated heterocycles. The lowest BCUT2D eigenvalue weighted by atomic mass is 10.2. The maximum absolute atomic E-state index is 11.1. The molecule has 2 aromatic rings. The van der Waals surface area contributed by atoms with E-state index in [1.807, 2.05) is 12.1 Å². The Kier molecular flexibility index (Phi) is 8.25. The van der Waals surface area contributed by atoms with Crippen LogP contribution in [0.3, 0.4) is 0 Å². The van der Waals surface area contributed by atoms with Crippen molar-refractivity contribution in [1.29, 1.82) is 0 Å². The predicted octanol–water partition coefficient (Wildman–Crippen LogP) is 3.32. The summed E-state index contributed by atoms with van der Waals surface area (Å²) >= 11 is 4.22. The zero-order chi connectivity index (χ0) is 18.3. The first-order valence-electron chi connectivity index (χ1n) is 6.56. The molecule has 0 saturated carbocycles. The van der Waals surface area contributed by atoms with Crippen molar-refractivity contribution >= 4 is 68.5 Å². The van der Waals surface area contributed by atoms with Crippen LogP contribution in [0.25, 0.3) is 0 Å². The Labute approximate surface area is 167 Å². The third-order valence-corrected chi connectivity index (χ3v) is 4.18. The standard InChI is InChI=1S/2C8H8INO2/c2*1-12-8(11)6-4-5(9)2-3-7(6)10/h2*2-4H,10H2,1H3. The van der Waals surface area contributed by atoms with Crippen LogP contribution >= 0.6 is 45.2 Å². The number of carbonyl (C=O) groups excluding carboxylic acids is 2. The predicted molar refractivity (Wildman–Crippen MR) is 110 cm³/mol. The maximum Gasteiger partial charge on any atom is 0.339 e. The Morgan fingerprint density at radius 2 is 1.12 bits per heavy atom. The molecule has 0 amide bonds. The van der Waals surface area contributed by atoms with Gasteiger partial charge in [-0.15, -0.1) is 0 Å². The second kappa shape index (κ2) is 9.67. The third kappa shape index (κ3) is 5.82. The molecule has 128 valence electrons. The van der Waals surface area contributed by atoms with Gasteiger partial charge >= 0.3 is 11.9 Å². The highest BCUT2D eigenvalue weighted by Crippen LogP contribution is 2.17. The van der Waals surface area contributed by atoms with Crippen molar-refractivity contribution in [2.45, 2.75) is 0 Å². The fourth-order valence-electron chi connectivity index (χ4n) is 1.63. The molecule has 0 aliphatic heterocycles. The molecule has 6 nitrogen and oxygen atoms in total. The number of halogens is 2. The van der Waals surface area contributed by atoms with E-state index in [4.69, 9.17) is 11.5 Å². The first-order chi connectivity index (χ1) is 11.3. The fraction of sp³-hybridized carbons (Fsp3) is 0.125. The molecule has 0 unspecified atom stereocenters. The lowest BCUT2D eigenvalue weighted by molar-refractivity contribution is 0.0593. The van der Waals surface area contributed by atoms with E-state index in [-0.39, 0.29) is 0 Å². The number of ether oxygens (including phenoxy) is 2. The van der Waals surface area contributed by atoms with Gasteiger partial charge in [-0.2, -0.15) is 0 Å². The van der Waals surface area contributed by atoms with E-state index >= 15 is 0 Å². The zero-order valence-corrected chi connectivity index (χ0v) is 17.3. The van der Waals surface area contributed by atoms with E-state index in [9.17, 15) is 9.59 Å². The summed E-state index contributed by atoms with van der Waals surface area (Å²) in [5, 5.41) is 0. The molecule has 0 fully saturated rings. The maximum atomic E-state index is 11.1. The van der Waals surface area contributed by atoms with Crippen molar-refractivity contribution in [3.8, 4) is 0 Å². The Hall–Kier alpha value is -1.56. The van der Waals surface area contributed by atoms with Gasteiger partial charge in [-0.1, -0.05) is 0 Å². The summed E-state index contributed by atoms with van der Waals surface area (Å²) in [4.78, 5) is 22.2. The van der Waals surface area contributed by atoms with Gasteiger partial charge in [0.15, 0.2) is 0 Å². The largest absolute Gasteiger partial charge is 0.465 e. The molecule has 0 spiro atoms. The molecule has 4 N–H and O–H groups in total. The van der Waals surface area contributed by atoms with Crippen LogP contribution in [0.15, 0.2) is 36.4 Å². The molecular weight excluding hydrogens is 538 g/mol. The molecule has 0 aromatic heterocycles. The second-order valence-corrected chi connectivity index (χ2v) is 6.94. The van der Waals surface area contributed by atoms with E-state index in [2.05, 4.69) is 54.7 Å². The first-order valence-corrected chi connectivity index (χ1v) is 8.72. The average Bonchev–Trinajstić information content (AvgIpc) is 2.58. The van der Waals surface area contributed by atoms with Crippen LogP contribution in [0, 0.1) is 7.14 Å². The lowest BCUT2D eigenvalue weighted by Gasteiger charge is -2.02. The van der Waals surface area contributed by atoms with Crippen molar-refractivity contribution < 1.29 is 19.1 Å². The molecule has 8 heteroatoms. The minimum absolute atomic E-state index is 0.397. The van der Waals surface area contributed by atoms with Gasteiger partial charge < -0.3 is 20.9 Å². The third-order valence-electron chi connectivity index (χ3n) is 2.84. The molecule has 0 bridgehead atoms. The van der Waals surface area contributed by atoms with E-state index < -0.39 is 11.9 Å². The van der Waals surface area contributed by atoms with Crippen LogP contribution in [0.5, 0.6) is 0 Å².